The second kappa shape index (κ2) is 21.0. The van der Waals surface area contributed by atoms with Crippen molar-refractivity contribution in [1.29, 1.82) is 0 Å². The first-order valence-corrected chi connectivity index (χ1v) is 19.0. The van der Waals surface area contributed by atoms with Gasteiger partial charge >= 0.3 is 24.3 Å². The first-order valence-electron chi connectivity index (χ1n) is 19.0. The van der Waals surface area contributed by atoms with E-state index >= 15 is 0 Å². The second-order valence-corrected chi connectivity index (χ2v) is 13.8. The summed E-state index contributed by atoms with van der Waals surface area (Å²) in [6.45, 7) is 8.33. The number of allylic oxidation sites excluding steroid dienone is 1. The van der Waals surface area contributed by atoms with Crippen molar-refractivity contribution >= 4 is 34.9 Å². The third kappa shape index (κ3) is 12.4. The largest absolute Gasteiger partial charge is 0.490 e. The molecule has 62 heavy (non-hydrogen) atoms. The maximum absolute atomic E-state index is 11.2. The number of carboxylic acid groups (broad SMARTS) is 2. The van der Waals surface area contributed by atoms with Crippen molar-refractivity contribution in [3.05, 3.63) is 96.6 Å². The molecule has 0 saturated carbocycles. The smallest absolute Gasteiger partial charge is 0.475 e. The van der Waals surface area contributed by atoms with Crippen LogP contribution in [0.3, 0.4) is 0 Å². The number of nitrogens with one attached hydrogen (secondary N) is 2. The maximum Gasteiger partial charge on any atom is 0.490 e. The highest BCUT2D eigenvalue weighted by atomic mass is 19.4. The minimum absolute atomic E-state index is 0.0490. The fraction of sp³-hybridized carbons (Fsp3) is 0.421. The Morgan fingerprint density at radius 2 is 1.45 bits per heavy atom. The summed E-state index contributed by atoms with van der Waals surface area (Å²) >= 11 is 0. The summed E-state index contributed by atoms with van der Waals surface area (Å²) in [5.74, 6) is -4.32. The molecule has 6 N–H and O–H groups in total. The van der Waals surface area contributed by atoms with E-state index in [1.807, 2.05) is 36.4 Å². The van der Waals surface area contributed by atoms with Crippen molar-refractivity contribution in [2.45, 2.75) is 68.6 Å². The lowest BCUT2D eigenvalue weighted by atomic mass is 9.91. The monoisotopic (exact) mass is 879 g/mol. The first kappa shape index (κ1) is 46.8. The van der Waals surface area contributed by atoms with Gasteiger partial charge in [-0.1, -0.05) is 73.2 Å². The van der Waals surface area contributed by atoms with Crippen LogP contribution in [0, 0.1) is 0 Å². The van der Waals surface area contributed by atoms with E-state index < -0.39 is 48.8 Å². The van der Waals surface area contributed by atoms with Crippen molar-refractivity contribution in [1.82, 2.24) is 44.6 Å². The molecule has 334 valence electrons. The molecular weight excluding hydrogens is 836 g/mol. The van der Waals surface area contributed by atoms with Gasteiger partial charge in [0.2, 0.25) is 11.8 Å². The Bertz CT molecular complexity index is 2160. The number of carboxylic acids is 2. The summed E-state index contributed by atoms with van der Waals surface area (Å²) in [4.78, 5) is 36.0. The molecule has 2 fully saturated rings. The van der Waals surface area contributed by atoms with Gasteiger partial charge < -0.3 is 40.7 Å². The summed E-state index contributed by atoms with van der Waals surface area (Å²) < 4.78 is 71.3. The second-order valence-electron chi connectivity index (χ2n) is 13.8. The summed E-state index contributed by atoms with van der Waals surface area (Å²) in [7, 11) is 0. The van der Waals surface area contributed by atoms with Gasteiger partial charge in [-0.05, 0) is 42.3 Å². The lowest BCUT2D eigenvalue weighted by molar-refractivity contribution is -0.193. The quantitative estimate of drug-likeness (QED) is 0.0710. The van der Waals surface area contributed by atoms with Crippen LogP contribution < -0.4 is 10.6 Å². The lowest BCUT2D eigenvalue weighted by Crippen LogP contribution is -2.34. The van der Waals surface area contributed by atoms with E-state index in [1.165, 1.54) is 35.2 Å². The van der Waals surface area contributed by atoms with E-state index in [9.17, 15) is 36.6 Å². The minimum atomic E-state index is -5.08. The molecule has 3 aromatic heterocycles. The average molecular weight is 880 g/mol. The normalized spacial score (nSPS) is 19.2. The standard InChI is InChI=1S/C34H41N11O3.2C2HF3O2/c1-2-17-45-41-31(40-42-45)29-27(46)28(47)33(48-29)44-22-37-26-30(38-34(39-32(26)44)35-16-20-43-18-10-5-11-19-43)36-21-25(23-12-6-3-7-13-23)24-14-8-4-9-15-24;2*3-2(4,5)1(6)7/h2-4,6-9,12-15,22,25,27-29,33,46-47H,1,5,10-11,16-21H2,(H2,35,36,38,39);2*(H,6,7)/t27-,28+,29-,33+;;/m0../s1. The van der Waals surface area contributed by atoms with Crippen molar-refractivity contribution in [2.24, 2.45) is 0 Å². The Kier molecular flexibility index (Phi) is 15.9. The average Bonchev–Trinajstić information content (AvgIpc) is 3.96. The molecule has 2 aliphatic rings. The fourth-order valence-corrected chi connectivity index (χ4v) is 6.48. The molecule has 7 rings (SSSR count). The number of aliphatic carboxylic acids is 2. The lowest BCUT2D eigenvalue weighted by Gasteiger charge is -2.26. The number of piperidine rings is 1. The van der Waals surface area contributed by atoms with Gasteiger partial charge in [0.25, 0.3) is 0 Å². The van der Waals surface area contributed by atoms with Crippen molar-refractivity contribution < 1.29 is 61.1 Å². The molecule has 0 radical (unpaired) electrons. The zero-order valence-corrected chi connectivity index (χ0v) is 32.7. The molecule has 0 spiro atoms. The number of nitrogens with zero attached hydrogens (tertiary/aromatic N) is 9. The zero-order chi connectivity index (χ0) is 45.0. The van der Waals surface area contributed by atoms with E-state index in [2.05, 4.69) is 66.8 Å². The minimum Gasteiger partial charge on any atom is -0.475 e. The van der Waals surface area contributed by atoms with E-state index in [4.69, 9.17) is 34.5 Å². The van der Waals surface area contributed by atoms with E-state index in [-0.39, 0.29) is 11.7 Å². The third-order valence-electron chi connectivity index (χ3n) is 9.47. The molecular formula is C38H43F6N11O7. The van der Waals surface area contributed by atoms with E-state index in [1.54, 1.807) is 17.0 Å². The molecule has 2 aromatic carbocycles. The van der Waals surface area contributed by atoms with Crippen LogP contribution in [0.25, 0.3) is 11.2 Å². The summed E-state index contributed by atoms with van der Waals surface area (Å²) in [6.07, 6.45) is -7.87. The molecule has 18 nitrogen and oxygen atoms in total. The number of fused-ring (bicyclic) bond motifs is 1. The topological polar surface area (TPSA) is 239 Å². The van der Waals surface area contributed by atoms with Crippen molar-refractivity contribution in [2.75, 3.05) is 43.4 Å². The molecule has 0 bridgehead atoms. The number of halogens is 6. The number of alkyl halides is 6. The highest BCUT2D eigenvalue weighted by Gasteiger charge is 2.47. The number of ether oxygens (including phenoxy) is 1. The van der Waals surface area contributed by atoms with Gasteiger partial charge in [0.15, 0.2) is 29.3 Å². The van der Waals surface area contributed by atoms with Gasteiger partial charge in [0.05, 0.1) is 12.9 Å². The van der Waals surface area contributed by atoms with E-state index in [0.717, 1.165) is 19.6 Å². The third-order valence-corrected chi connectivity index (χ3v) is 9.47. The number of benzene rings is 2. The van der Waals surface area contributed by atoms with Crippen LogP contribution in [-0.2, 0) is 20.9 Å². The van der Waals surface area contributed by atoms with Gasteiger partial charge in [-0.15, -0.1) is 16.8 Å². The summed E-state index contributed by atoms with van der Waals surface area (Å²) in [5.41, 5.74) is 3.31. The van der Waals surface area contributed by atoms with Gasteiger partial charge in [0, 0.05) is 25.6 Å². The number of imidazole rings is 1. The first-order chi connectivity index (χ1) is 29.5. The Hall–Kier alpha value is -6.24. The zero-order valence-electron chi connectivity index (χ0n) is 32.7. The van der Waals surface area contributed by atoms with Gasteiger partial charge in [-0.3, -0.25) is 4.57 Å². The number of hydrogen-bond acceptors (Lipinski definition) is 14. The van der Waals surface area contributed by atoms with Gasteiger partial charge in [-0.25, -0.2) is 14.6 Å². The SMILES string of the molecule is C=CCn1nnc([C@H]2O[C@@H](n3cnc4c(NCC(c5ccccc5)c5ccccc5)nc(NCCN5CCCCC5)nc43)[C@H](O)[C@@H]2O)n1.O=C(O)C(F)(F)F.O=C(O)C(F)(F)F. The maximum atomic E-state index is 11.2. The number of hydrogen-bond donors (Lipinski definition) is 6. The van der Waals surface area contributed by atoms with Crippen molar-refractivity contribution in [3.8, 4) is 0 Å². The highest BCUT2D eigenvalue weighted by Crippen LogP contribution is 2.39. The number of tetrazole rings is 1. The van der Waals surface area contributed by atoms with Gasteiger partial charge in [0.1, 0.15) is 12.2 Å². The Morgan fingerprint density at radius 3 is 2.00 bits per heavy atom. The van der Waals surface area contributed by atoms with E-state index in [0.29, 0.717) is 42.6 Å². The Morgan fingerprint density at radius 1 is 0.871 bits per heavy atom. The molecule has 0 amide bonds. The molecule has 4 atom stereocenters. The molecule has 24 heteroatoms. The Labute approximate surface area is 348 Å². The van der Waals surface area contributed by atoms with Crippen molar-refractivity contribution in [3.63, 3.8) is 0 Å². The molecule has 5 aromatic rings. The number of rotatable bonds is 13. The predicted molar refractivity (Wildman–Crippen MR) is 208 cm³/mol. The number of aliphatic hydroxyl groups is 2. The number of anilines is 2. The Balaban J connectivity index is 0.000000448. The predicted octanol–water partition coefficient (Wildman–Crippen LogP) is 4.40. The molecule has 0 unspecified atom stereocenters. The molecule has 0 aliphatic carbocycles. The van der Waals surface area contributed by atoms with Crippen LogP contribution in [0.4, 0.5) is 38.1 Å². The number of aliphatic hydroxyl groups excluding tert-OH is 2. The molecule has 5 heterocycles. The highest BCUT2D eigenvalue weighted by molar-refractivity contribution is 5.84. The van der Waals surface area contributed by atoms with Crippen LogP contribution in [0.2, 0.25) is 0 Å². The van der Waals surface area contributed by atoms with Crippen LogP contribution in [0.5, 0.6) is 0 Å². The van der Waals surface area contributed by atoms with Crippen LogP contribution in [0.1, 0.15) is 54.5 Å². The molecule has 2 aliphatic heterocycles. The number of aromatic nitrogens is 8. The molecule has 2 saturated heterocycles. The number of likely N-dealkylation sites (tertiary alicyclic amines) is 1. The van der Waals surface area contributed by atoms with Crippen LogP contribution in [0.15, 0.2) is 79.6 Å². The summed E-state index contributed by atoms with van der Waals surface area (Å²) in [5, 5.41) is 55.7. The summed E-state index contributed by atoms with van der Waals surface area (Å²) in [6, 6.07) is 20.7. The van der Waals surface area contributed by atoms with Gasteiger partial charge in [-0.2, -0.15) is 41.1 Å². The number of carbonyl (C=O) groups is 2. The van der Waals surface area contributed by atoms with Crippen LogP contribution >= 0.6 is 0 Å². The van der Waals surface area contributed by atoms with Crippen LogP contribution in [-0.4, -0.2) is 134 Å². The fourth-order valence-electron chi connectivity index (χ4n) is 6.48.